The molecule has 6 nitrogen and oxygen atoms in total. The Hall–Kier alpha value is -2.63. The molecular formula is C18H19N3O3. The van der Waals surface area contributed by atoms with E-state index in [0.717, 1.165) is 23.2 Å². The van der Waals surface area contributed by atoms with E-state index in [4.69, 9.17) is 0 Å². The number of aryl methyl sites for hydroxylation is 1. The monoisotopic (exact) mass is 325 g/mol. The van der Waals surface area contributed by atoms with E-state index in [1.165, 1.54) is 0 Å². The van der Waals surface area contributed by atoms with Crippen molar-refractivity contribution in [2.75, 3.05) is 6.54 Å². The summed E-state index contributed by atoms with van der Waals surface area (Å²) in [6.45, 7) is 0.460. The summed E-state index contributed by atoms with van der Waals surface area (Å²) in [5.41, 5.74) is 2.80. The molecule has 2 aromatic rings. The van der Waals surface area contributed by atoms with Gasteiger partial charge in [-0.25, -0.2) is 9.78 Å². The van der Waals surface area contributed by atoms with Crippen LogP contribution in [0.3, 0.4) is 0 Å². The Morgan fingerprint density at radius 3 is 2.79 bits per heavy atom. The fraction of sp³-hybridized carbons (Fsp3) is 0.389. The lowest BCUT2D eigenvalue weighted by Crippen LogP contribution is -2.44. The molecule has 24 heavy (non-hydrogen) atoms. The molecule has 0 bridgehead atoms. The van der Waals surface area contributed by atoms with Crippen LogP contribution in [0, 0.1) is 5.92 Å². The highest BCUT2D eigenvalue weighted by atomic mass is 16.4. The van der Waals surface area contributed by atoms with Crippen molar-refractivity contribution in [2.24, 2.45) is 13.0 Å². The summed E-state index contributed by atoms with van der Waals surface area (Å²) < 4.78 is 1.93. The summed E-state index contributed by atoms with van der Waals surface area (Å²) in [5.74, 6) is -1.000. The normalized spacial score (nSPS) is 25.2. The van der Waals surface area contributed by atoms with Crippen LogP contribution in [0.5, 0.6) is 0 Å². The minimum Gasteiger partial charge on any atom is -0.479 e. The van der Waals surface area contributed by atoms with Crippen molar-refractivity contribution in [3.8, 4) is 0 Å². The van der Waals surface area contributed by atoms with Crippen LogP contribution in [-0.2, 0) is 23.1 Å². The zero-order chi connectivity index (χ0) is 16.8. The molecule has 1 aromatic heterocycles. The number of rotatable bonds is 3. The summed E-state index contributed by atoms with van der Waals surface area (Å²) >= 11 is 0. The van der Waals surface area contributed by atoms with Gasteiger partial charge in [-0.05, 0) is 24.0 Å². The molecule has 2 aliphatic rings. The number of carboxylic acids is 1. The number of nitrogens with zero attached hydrogens (tertiary/aromatic N) is 3. The van der Waals surface area contributed by atoms with Crippen molar-refractivity contribution < 1.29 is 14.7 Å². The maximum Gasteiger partial charge on any atom is 0.331 e. The quantitative estimate of drug-likeness (QED) is 0.932. The van der Waals surface area contributed by atoms with Gasteiger partial charge >= 0.3 is 5.97 Å². The van der Waals surface area contributed by atoms with Gasteiger partial charge in [0.1, 0.15) is 0 Å². The van der Waals surface area contributed by atoms with E-state index in [2.05, 4.69) is 4.98 Å². The van der Waals surface area contributed by atoms with E-state index >= 15 is 0 Å². The first-order chi connectivity index (χ1) is 11.6. The minimum absolute atomic E-state index is 0.0527. The Balaban J connectivity index is 1.59. The molecule has 4 rings (SSSR count). The van der Waals surface area contributed by atoms with Gasteiger partial charge in [0, 0.05) is 37.3 Å². The van der Waals surface area contributed by atoms with Gasteiger partial charge in [-0.2, -0.15) is 0 Å². The number of carbonyl (C=O) groups is 2. The first kappa shape index (κ1) is 14.9. The summed E-state index contributed by atoms with van der Waals surface area (Å²) in [7, 11) is 1.92. The molecule has 6 heteroatoms. The minimum atomic E-state index is -0.965. The number of amides is 1. The van der Waals surface area contributed by atoms with Gasteiger partial charge in [0.25, 0.3) is 0 Å². The molecule has 0 unspecified atom stereocenters. The Morgan fingerprint density at radius 2 is 2.08 bits per heavy atom. The van der Waals surface area contributed by atoms with Crippen LogP contribution in [0.2, 0.25) is 0 Å². The van der Waals surface area contributed by atoms with Crippen LogP contribution in [0.1, 0.15) is 35.2 Å². The fourth-order valence-corrected chi connectivity index (χ4v) is 3.80. The molecule has 0 radical (unpaired) electrons. The van der Waals surface area contributed by atoms with E-state index < -0.39 is 12.0 Å². The fourth-order valence-electron chi connectivity index (χ4n) is 3.80. The van der Waals surface area contributed by atoms with Gasteiger partial charge in [-0.15, -0.1) is 0 Å². The van der Waals surface area contributed by atoms with Gasteiger partial charge in [-0.3, -0.25) is 4.79 Å². The van der Waals surface area contributed by atoms with E-state index in [0.29, 0.717) is 13.0 Å². The number of aliphatic carboxylic acids is 1. The van der Waals surface area contributed by atoms with Crippen LogP contribution in [0.4, 0.5) is 0 Å². The number of hydrogen-bond donors (Lipinski definition) is 1. The molecule has 1 fully saturated rings. The second-order valence-electron chi connectivity index (χ2n) is 6.60. The second-order valence-corrected chi connectivity index (χ2v) is 6.60. The Kier molecular flexibility index (Phi) is 3.40. The van der Waals surface area contributed by atoms with Crippen molar-refractivity contribution in [2.45, 2.75) is 24.8 Å². The predicted molar refractivity (Wildman–Crippen MR) is 86.3 cm³/mol. The first-order valence-corrected chi connectivity index (χ1v) is 8.15. The molecule has 1 aliphatic carbocycles. The number of benzene rings is 1. The molecule has 0 saturated heterocycles. The van der Waals surface area contributed by atoms with Gasteiger partial charge in [-0.1, -0.05) is 24.3 Å². The third kappa shape index (κ3) is 2.29. The number of imidazole rings is 1. The topological polar surface area (TPSA) is 75.4 Å². The Bertz CT molecular complexity index is 813. The maximum absolute atomic E-state index is 12.9. The zero-order valence-electron chi connectivity index (χ0n) is 13.4. The van der Waals surface area contributed by atoms with Crippen molar-refractivity contribution in [3.05, 3.63) is 53.6 Å². The molecule has 1 aromatic carbocycles. The molecule has 1 amide bonds. The van der Waals surface area contributed by atoms with Crippen LogP contribution in [0.25, 0.3) is 0 Å². The van der Waals surface area contributed by atoms with Gasteiger partial charge in [0.05, 0.1) is 6.33 Å². The highest BCUT2D eigenvalue weighted by Gasteiger charge is 2.49. The molecule has 1 aliphatic heterocycles. The van der Waals surface area contributed by atoms with Crippen LogP contribution >= 0.6 is 0 Å². The second kappa shape index (κ2) is 5.47. The third-order valence-corrected chi connectivity index (χ3v) is 5.14. The lowest BCUT2D eigenvalue weighted by atomic mass is 9.92. The molecule has 1 saturated carbocycles. The summed E-state index contributed by atoms with van der Waals surface area (Å²) in [6, 6.07) is 6.63. The Morgan fingerprint density at radius 1 is 1.29 bits per heavy atom. The van der Waals surface area contributed by atoms with E-state index in [1.807, 2.05) is 35.9 Å². The maximum atomic E-state index is 12.9. The number of hydrogen-bond acceptors (Lipinski definition) is 3. The van der Waals surface area contributed by atoms with Crippen LogP contribution in [-0.4, -0.2) is 38.0 Å². The number of carboxylic acid groups (broad SMARTS) is 1. The van der Waals surface area contributed by atoms with Crippen LogP contribution < -0.4 is 0 Å². The predicted octanol–water partition coefficient (Wildman–Crippen LogP) is 1.73. The largest absolute Gasteiger partial charge is 0.479 e. The molecular weight excluding hydrogens is 306 g/mol. The molecule has 0 spiro atoms. The van der Waals surface area contributed by atoms with E-state index in [1.54, 1.807) is 17.4 Å². The standard InChI is InChI=1S/C18H19N3O3/c1-20-10-19-9-15(20)13-8-14(13)17(22)21-7-6-11-4-2-3-5-12(11)16(21)18(23)24/h2-5,9-10,13-14,16H,6-8H2,1H3,(H,23,24)/t13-,14-,16-/m1/s1. The SMILES string of the molecule is Cn1cncc1[C@@H]1C[C@H]1C(=O)N1CCc2ccccc2[C@@H]1C(=O)O. The molecule has 1 N–H and O–H groups in total. The molecule has 2 heterocycles. The first-order valence-electron chi connectivity index (χ1n) is 8.15. The average molecular weight is 325 g/mol. The van der Waals surface area contributed by atoms with Crippen molar-refractivity contribution in [1.82, 2.24) is 14.5 Å². The lowest BCUT2D eigenvalue weighted by Gasteiger charge is -2.35. The van der Waals surface area contributed by atoms with E-state index in [-0.39, 0.29) is 17.7 Å². The van der Waals surface area contributed by atoms with Crippen LogP contribution in [0.15, 0.2) is 36.8 Å². The average Bonchev–Trinajstić information content (AvgIpc) is 3.26. The van der Waals surface area contributed by atoms with Gasteiger partial charge in [0.15, 0.2) is 6.04 Å². The number of carbonyl (C=O) groups excluding carboxylic acids is 1. The van der Waals surface area contributed by atoms with Crippen molar-refractivity contribution in [1.29, 1.82) is 0 Å². The third-order valence-electron chi connectivity index (χ3n) is 5.14. The van der Waals surface area contributed by atoms with Crippen molar-refractivity contribution in [3.63, 3.8) is 0 Å². The molecule has 124 valence electrons. The van der Waals surface area contributed by atoms with E-state index in [9.17, 15) is 14.7 Å². The number of fused-ring (bicyclic) bond motifs is 1. The summed E-state index contributed by atoms with van der Waals surface area (Å²) in [4.78, 5) is 30.4. The Labute approximate surface area is 139 Å². The zero-order valence-corrected chi connectivity index (χ0v) is 13.4. The smallest absolute Gasteiger partial charge is 0.331 e. The summed E-state index contributed by atoms with van der Waals surface area (Å²) in [6.07, 6.45) is 4.99. The number of aromatic nitrogens is 2. The van der Waals surface area contributed by atoms with Gasteiger partial charge < -0.3 is 14.6 Å². The summed E-state index contributed by atoms with van der Waals surface area (Å²) in [5, 5.41) is 9.69. The lowest BCUT2D eigenvalue weighted by molar-refractivity contribution is -0.151. The highest BCUT2D eigenvalue weighted by molar-refractivity contribution is 5.89. The highest BCUT2D eigenvalue weighted by Crippen LogP contribution is 2.49. The molecule has 3 atom stereocenters. The van der Waals surface area contributed by atoms with Gasteiger partial charge in [0.2, 0.25) is 5.91 Å². The van der Waals surface area contributed by atoms with Crippen molar-refractivity contribution >= 4 is 11.9 Å².